The molecule has 1 fully saturated rings. The predicted molar refractivity (Wildman–Crippen MR) is 88.9 cm³/mol. The first-order chi connectivity index (χ1) is 11.0. The van der Waals surface area contributed by atoms with E-state index < -0.39 is 5.97 Å². The fourth-order valence-electron chi connectivity index (χ4n) is 3.05. The number of piperidine rings is 1. The van der Waals surface area contributed by atoms with Gasteiger partial charge in [0.15, 0.2) is 0 Å². The number of carbonyl (C=O) groups excluding carboxylic acids is 1. The number of amides is 1. The molecule has 5 heteroatoms. The van der Waals surface area contributed by atoms with Gasteiger partial charge in [-0.2, -0.15) is 0 Å². The summed E-state index contributed by atoms with van der Waals surface area (Å²) in [5.41, 5.74) is 1.32. The predicted octanol–water partition coefficient (Wildman–Crippen LogP) is 2.27. The fourth-order valence-corrected chi connectivity index (χ4v) is 3.05. The Morgan fingerprint density at radius 2 is 1.87 bits per heavy atom. The van der Waals surface area contributed by atoms with E-state index in [2.05, 4.69) is 34.5 Å². The standard InChI is InChI=1S/C18H26N2O3/c1-14(12-18(22)23)11-17(21)19-16-7-9-20(10-8-16)13-15-5-3-2-4-6-15/h2-6,14,16H,7-13H2,1H3,(H,19,21)(H,22,23)/t14-/m1/s1. The number of aliphatic carboxylic acids is 1. The van der Waals surface area contributed by atoms with E-state index in [1.807, 2.05) is 6.07 Å². The van der Waals surface area contributed by atoms with Crippen LogP contribution in [0.2, 0.25) is 0 Å². The molecule has 0 radical (unpaired) electrons. The fraction of sp³-hybridized carbons (Fsp3) is 0.556. The molecule has 1 aromatic rings. The summed E-state index contributed by atoms with van der Waals surface area (Å²) >= 11 is 0. The Morgan fingerprint density at radius 3 is 2.48 bits per heavy atom. The molecule has 126 valence electrons. The molecule has 1 amide bonds. The van der Waals surface area contributed by atoms with E-state index in [0.29, 0.717) is 0 Å². The molecule has 1 aliphatic rings. The third-order valence-electron chi connectivity index (χ3n) is 4.26. The number of carboxylic acids is 1. The Kier molecular flexibility index (Phi) is 6.59. The number of nitrogens with one attached hydrogen (secondary N) is 1. The topological polar surface area (TPSA) is 69.6 Å². The molecule has 5 nitrogen and oxygen atoms in total. The van der Waals surface area contributed by atoms with Gasteiger partial charge in [0, 0.05) is 38.5 Å². The number of benzene rings is 1. The van der Waals surface area contributed by atoms with Crippen molar-refractivity contribution in [2.75, 3.05) is 13.1 Å². The van der Waals surface area contributed by atoms with Gasteiger partial charge >= 0.3 is 5.97 Å². The van der Waals surface area contributed by atoms with Gasteiger partial charge in [0.2, 0.25) is 5.91 Å². The maximum Gasteiger partial charge on any atom is 0.303 e. The molecule has 1 aromatic carbocycles. The molecule has 23 heavy (non-hydrogen) atoms. The van der Waals surface area contributed by atoms with Gasteiger partial charge in [0.1, 0.15) is 0 Å². The zero-order valence-corrected chi connectivity index (χ0v) is 13.7. The molecule has 0 spiro atoms. The van der Waals surface area contributed by atoms with Crippen LogP contribution in [-0.2, 0) is 16.1 Å². The van der Waals surface area contributed by atoms with Crippen LogP contribution in [0.25, 0.3) is 0 Å². The Balaban J connectivity index is 1.68. The summed E-state index contributed by atoms with van der Waals surface area (Å²) in [7, 11) is 0. The molecule has 0 aromatic heterocycles. The van der Waals surface area contributed by atoms with Crippen molar-refractivity contribution in [2.45, 2.75) is 45.2 Å². The van der Waals surface area contributed by atoms with Crippen LogP contribution >= 0.6 is 0 Å². The molecule has 1 atom stereocenters. The summed E-state index contributed by atoms with van der Waals surface area (Å²) in [4.78, 5) is 25.0. The van der Waals surface area contributed by atoms with Crippen LogP contribution in [0.15, 0.2) is 30.3 Å². The summed E-state index contributed by atoms with van der Waals surface area (Å²) in [5.74, 6) is -0.995. The summed E-state index contributed by atoms with van der Waals surface area (Å²) in [5, 5.41) is 11.8. The lowest BCUT2D eigenvalue weighted by Crippen LogP contribution is -2.44. The molecular formula is C18H26N2O3. The average molecular weight is 318 g/mol. The molecule has 2 N–H and O–H groups in total. The number of carbonyl (C=O) groups is 2. The summed E-state index contributed by atoms with van der Waals surface area (Å²) in [6.45, 7) is 4.71. The Hall–Kier alpha value is -1.88. The van der Waals surface area contributed by atoms with Gasteiger partial charge in [-0.15, -0.1) is 0 Å². The lowest BCUT2D eigenvalue weighted by molar-refractivity contribution is -0.138. The number of hydrogen-bond donors (Lipinski definition) is 2. The first kappa shape index (κ1) is 17.5. The molecule has 1 aliphatic heterocycles. The third kappa shape index (κ3) is 6.40. The van der Waals surface area contributed by atoms with Crippen LogP contribution in [0, 0.1) is 5.92 Å². The largest absolute Gasteiger partial charge is 0.481 e. The van der Waals surface area contributed by atoms with Crippen molar-refractivity contribution in [3.8, 4) is 0 Å². The number of likely N-dealkylation sites (tertiary alicyclic amines) is 1. The second-order valence-electron chi connectivity index (χ2n) is 6.51. The lowest BCUT2D eigenvalue weighted by Gasteiger charge is -2.32. The highest BCUT2D eigenvalue weighted by atomic mass is 16.4. The van der Waals surface area contributed by atoms with E-state index in [1.165, 1.54) is 5.56 Å². The Labute approximate surface area is 137 Å². The van der Waals surface area contributed by atoms with Crippen molar-refractivity contribution < 1.29 is 14.7 Å². The van der Waals surface area contributed by atoms with Gasteiger partial charge < -0.3 is 10.4 Å². The highest BCUT2D eigenvalue weighted by Gasteiger charge is 2.21. The average Bonchev–Trinajstić information content (AvgIpc) is 2.49. The number of hydrogen-bond acceptors (Lipinski definition) is 3. The van der Waals surface area contributed by atoms with E-state index in [9.17, 15) is 9.59 Å². The van der Waals surface area contributed by atoms with Crippen LogP contribution in [0.4, 0.5) is 0 Å². The van der Waals surface area contributed by atoms with Gasteiger partial charge in [-0.1, -0.05) is 37.3 Å². The molecule has 0 bridgehead atoms. The van der Waals surface area contributed by atoms with Crippen molar-refractivity contribution in [2.24, 2.45) is 5.92 Å². The smallest absolute Gasteiger partial charge is 0.303 e. The molecular weight excluding hydrogens is 292 g/mol. The van der Waals surface area contributed by atoms with Gasteiger partial charge in [-0.25, -0.2) is 0 Å². The van der Waals surface area contributed by atoms with Crippen molar-refractivity contribution in [3.63, 3.8) is 0 Å². The van der Waals surface area contributed by atoms with E-state index in [4.69, 9.17) is 5.11 Å². The second kappa shape index (κ2) is 8.67. The quantitative estimate of drug-likeness (QED) is 0.809. The highest BCUT2D eigenvalue weighted by molar-refractivity contribution is 5.77. The SMILES string of the molecule is C[C@@H](CC(=O)O)CC(=O)NC1CCN(Cc2ccccc2)CC1. The maximum absolute atomic E-state index is 12.0. The first-order valence-electron chi connectivity index (χ1n) is 8.30. The number of nitrogens with zero attached hydrogens (tertiary/aromatic N) is 1. The minimum Gasteiger partial charge on any atom is -0.481 e. The number of rotatable bonds is 7. The van der Waals surface area contributed by atoms with Crippen molar-refractivity contribution in [1.29, 1.82) is 0 Å². The van der Waals surface area contributed by atoms with E-state index >= 15 is 0 Å². The van der Waals surface area contributed by atoms with Crippen LogP contribution < -0.4 is 5.32 Å². The van der Waals surface area contributed by atoms with Crippen LogP contribution in [0.5, 0.6) is 0 Å². The van der Waals surface area contributed by atoms with Crippen molar-refractivity contribution in [3.05, 3.63) is 35.9 Å². The zero-order valence-electron chi connectivity index (χ0n) is 13.7. The van der Waals surface area contributed by atoms with E-state index in [1.54, 1.807) is 6.92 Å². The third-order valence-corrected chi connectivity index (χ3v) is 4.26. The zero-order chi connectivity index (χ0) is 16.7. The summed E-state index contributed by atoms with van der Waals surface area (Å²) in [6, 6.07) is 10.6. The molecule has 0 aliphatic carbocycles. The monoisotopic (exact) mass is 318 g/mol. The van der Waals surface area contributed by atoms with Crippen molar-refractivity contribution in [1.82, 2.24) is 10.2 Å². The Bertz CT molecular complexity index is 510. The van der Waals surface area contributed by atoms with Gasteiger partial charge in [0.05, 0.1) is 0 Å². The first-order valence-corrected chi connectivity index (χ1v) is 8.30. The second-order valence-corrected chi connectivity index (χ2v) is 6.51. The van der Waals surface area contributed by atoms with E-state index in [-0.39, 0.29) is 30.7 Å². The van der Waals surface area contributed by atoms with Gasteiger partial charge in [-0.05, 0) is 24.3 Å². The van der Waals surface area contributed by atoms with E-state index in [0.717, 1.165) is 32.5 Å². The highest BCUT2D eigenvalue weighted by Crippen LogP contribution is 2.15. The normalized spacial score (nSPS) is 17.6. The van der Waals surface area contributed by atoms with Gasteiger partial charge in [-0.3, -0.25) is 14.5 Å². The molecule has 1 saturated heterocycles. The Morgan fingerprint density at radius 1 is 1.22 bits per heavy atom. The molecule has 0 saturated carbocycles. The lowest BCUT2D eigenvalue weighted by atomic mass is 10.0. The van der Waals surface area contributed by atoms with Crippen LogP contribution in [0.1, 0.15) is 38.2 Å². The molecule has 0 unspecified atom stereocenters. The maximum atomic E-state index is 12.0. The number of carboxylic acid groups (broad SMARTS) is 1. The summed E-state index contributed by atoms with van der Waals surface area (Å²) < 4.78 is 0. The summed E-state index contributed by atoms with van der Waals surface area (Å²) in [6.07, 6.45) is 2.23. The molecule has 1 heterocycles. The van der Waals surface area contributed by atoms with Crippen LogP contribution in [0.3, 0.4) is 0 Å². The van der Waals surface area contributed by atoms with Gasteiger partial charge in [0.25, 0.3) is 0 Å². The van der Waals surface area contributed by atoms with Crippen LogP contribution in [-0.4, -0.2) is 41.0 Å². The molecule has 2 rings (SSSR count). The minimum absolute atomic E-state index is 0.0275. The van der Waals surface area contributed by atoms with Crippen molar-refractivity contribution >= 4 is 11.9 Å². The minimum atomic E-state index is -0.848.